The lowest BCUT2D eigenvalue weighted by molar-refractivity contribution is 0.0450. The van der Waals surface area contributed by atoms with Crippen LogP contribution in [-0.2, 0) is 4.74 Å². The number of fused-ring (bicyclic) bond motifs is 3. The molecule has 0 radical (unpaired) electrons. The second kappa shape index (κ2) is 6.52. The number of ether oxygens (including phenoxy) is 1. The number of carbonyl (C=O) groups excluding carboxylic acids is 1. The van der Waals surface area contributed by atoms with E-state index in [0.717, 1.165) is 25.7 Å². The minimum atomic E-state index is -0.758. The highest BCUT2D eigenvalue weighted by Gasteiger charge is 2.32. The van der Waals surface area contributed by atoms with Crippen molar-refractivity contribution in [3.05, 3.63) is 59.7 Å². The van der Waals surface area contributed by atoms with Crippen LogP contribution in [0.1, 0.15) is 42.7 Å². The summed E-state index contributed by atoms with van der Waals surface area (Å²) in [5.41, 5.74) is 4.07. The summed E-state index contributed by atoms with van der Waals surface area (Å²) in [4.78, 5) is 12.1. The normalized spacial score (nSPS) is 17.8. The van der Waals surface area contributed by atoms with Gasteiger partial charge in [0.25, 0.3) is 0 Å². The van der Waals surface area contributed by atoms with Crippen LogP contribution in [0.15, 0.2) is 48.5 Å². The molecule has 4 nitrogen and oxygen atoms in total. The molecular weight excluding hydrogens is 314 g/mol. The molecule has 2 N–H and O–H groups in total. The van der Waals surface area contributed by atoms with Crippen molar-refractivity contribution in [2.24, 2.45) is 0 Å². The summed E-state index contributed by atoms with van der Waals surface area (Å²) in [7, 11) is 0. The fourth-order valence-electron chi connectivity index (χ4n) is 4.10. The first-order valence-electron chi connectivity index (χ1n) is 8.98. The van der Waals surface area contributed by atoms with E-state index in [0.29, 0.717) is 6.61 Å². The zero-order valence-electron chi connectivity index (χ0n) is 14.2. The maximum atomic E-state index is 12.1. The monoisotopic (exact) mass is 337 g/mol. The third-order valence-corrected chi connectivity index (χ3v) is 5.44. The summed E-state index contributed by atoms with van der Waals surface area (Å²) in [6.45, 7) is 0.571. The van der Waals surface area contributed by atoms with Crippen molar-refractivity contribution in [2.75, 3.05) is 13.2 Å². The SMILES string of the molecule is O=C(NCC1(O)CCCC1)OCC1c2ccccc2-c2ccccc21. The molecule has 0 aromatic heterocycles. The van der Waals surface area contributed by atoms with Crippen LogP contribution in [0.5, 0.6) is 0 Å². The van der Waals surface area contributed by atoms with Crippen LogP contribution < -0.4 is 5.32 Å². The first kappa shape index (κ1) is 16.2. The van der Waals surface area contributed by atoms with Crippen LogP contribution in [-0.4, -0.2) is 30.0 Å². The van der Waals surface area contributed by atoms with Gasteiger partial charge in [-0.05, 0) is 35.1 Å². The molecule has 1 amide bonds. The number of alkyl carbamates (subject to hydrolysis) is 1. The van der Waals surface area contributed by atoms with E-state index >= 15 is 0 Å². The molecule has 4 heteroatoms. The highest BCUT2D eigenvalue weighted by atomic mass is 16.5. The van der Waals surface area contributed by atoms with Crippen molar-refractivity contribution in [2.45, 2.75) is 37.2 Å². The average Bonchev–Trinajstić information content (AvgIpc) is 3.21. The van der Waals surface area contributed by atoms with E-state index in [4.69, 9.17) is 4.74 Å². The van der Waals surface area contributed by atoms with E-state index in [1.165, 1.54) is 22.3 Å². The summed E-state index contributed by atoms with van der Waals surface area (Å²) < 4.78 is 5.48. The van der Waals surface area contributed by atoms with Gasteiger partial charge in [-0.25, -0.2) is 4.79 Å². The number of aliphatic hydroxyl groups is 1. The number of nitrogens with one attached hydrogen (secondary N) is 1. The molecule has 0 aliphatic heterocycles. The van der Waals surface area contributed by atoms with E-state index in [1.807, 2.05) is 24.3 Å². The Labute approximate surface area is 147 Å². The van der Waals surface area contributed by atoms with E-state index in [2.05, 4.69) is 29.6 Å². The Kier molecular flexibility index (Phi) is 4.22. The van der Waals surface area contributed by atoms with Gasteiger partial charge in [-0.3, -0.25) is 0 Å². The second-order valence-corrected chi connectivity index (χ2v) is 7.11. The molecule has 0 spiro atoms. The molecule has 0 unspecified atom stereocenters. The van der Waals surface area contributed by atoms with Gasteiger partial charge < -0.3 is 15.2 Å². The first-order valence-corrected chi connectivity index (χ1v) is 8.98. The first-order chi connectivity index (χ1) is 12.2. The molecule has 4 rings (SSSR count). The van der Waals surface area contributed by atoms with Gasteiger partial charge in [-0.1, -0.05) is 61.4 Å². The largest absolute Gasteiger partial charge is 0.449 e. The van der Waals surface area contributed by atoms with Crippen molar-refractivity contribution >= 4 is 6.09 Å². The number of hydrogen-bond acceptors (Lipinski definition) is 3. The molecule has 2 aliphatic rings. The Bertz CT molecular complexity index is 735. The van der Waals surface area contributed by atoms with Crippen molar-refractivity contribution < 1.29 is 14.6 Å². The minimum absolute atomic E-state index is 0.0627. The fourth-order valence-corrected chi connectivity index (χ4v) is 4.10. The molecule has 1 saturated carbocycles. The van der Waals surface area contributed by atoms with E-state index in [1.54, 1.807) is 0 Å². The summed E-state index contributed by atoms with van der Waals surface area (Å²) in [6, 6.07) is 16.5. The number of carbonyl (C=O) groups is 1. The highest BCUT2D eigenvalue weighted by molar-refractivity contribution is 5.79. The van der Waals surface area contributed by atoms with Crippen molar-refractivity contribution in [1.82, 2.24) is 5.32 Å². The number of hydrogen-bond donors (Lipinski definition) is 2. The van der Waals surface area contributed by atoms with Gasteiger partial charge in [0.15, 0.2) is 0 Å². The van der Waals surface area contributed by atoms with Crippen LogP contribution >= 0.6 is 0 Å². The minimum Gasteiger partial charge on any atom is -0.449 e. The second-order valence-electron chi connectivity index (χ2n) is 7.11. The van der Waals surface area contributed by atoms with Crippen LogP contribution in [0.2, 0.25) is 0 Å². The van der Waals surface area contributed by atoms with Gasteiger partial charge in [0.05, 0.1) is 5.60 Å². The zero-order chi connectivity index (χ0) is 17.3. The Morgan fingerprint density at radius 3 is 2.20 bits per heavy atom. The van der Waals surface area contributed by atoms with Crippen molar-refractivity contribution in [3.8, 4) is 11.1 Å². The maximum Gasteiger partial charge on any atom is 0.407 e. The topological polar surface area (TPSA) is 58.6 Å². The quantitative estimate of drug-likeness (QED) is 0.891. The van der Waals surface area contributed by atoms with Gasteiger partial charge in [0.1, 0.15) is 6.61 Å². The maximum absolute atomic E-state index is 12.1. The van der Waals surface area contributed by atoms with Gasteiger partial charge in [0.2, 0.25) is 0 Å². The molecule has 2 aliphatic carbocycles. The van der Waals surface area contributed by atoms with Gasteiger partial charge in [0, 0.05) is 12.5 Å². The van der Waals surface area contributed by atoms with Gasteiger partial charge in [-0.15, -0.1) is 0 Å². The fraction of sp³-hybridized carbons (Fsp3) is 0.381. The molecule has 2 aromatic rings. The lowest BCUT2D eigenvalue weighted by Gasteiger charge is -2.22. The summed E-state index contributed by atoms with van der Waals surface area (Å²) in [6.07, 6.45) is 3.07. The van der Waals surface area contributed by atoms with Crippen LogP contribution in [0.3, 0.4) is 0 Å². The highest BCUT2D eigenvalue weighted by Crippen LogP contribution is 2.44. The number of amides is 1. The Morgan fingerprint density at radius 2 is 1.60 bits per heavy atom. The Balaban J connectivity index is 1.42. The predicted molar refractivity (Wildman–Crippen MR) is 96.5 cm³/mol. The smallest absolute Gasteiger partial charge is 0.407 e. The third-order valence-electron chi connectivity index (χ3n) is 5.44. The lowest BCUT2D eigenvalue weighted by Crippen LogP contribution is -2.41. The van der Waals surface area contributed by atoms with Crippen LogP contribution in [0.25, 0.3) is 11.1 Å². The Hall–Kier alpha value is -2.33. The molecule has 0 atom stereocenters. The molecule has 130 valence electrons. The summed E-state index contributed by atoms with van der Waals surface area (Å²) in [5.74, 6) is 0.0627. The predicted octanol–water partition coefficient (Wildman–Crippen LogP) is 3.83. The number of rotatable bonds is 4. The lowest BCUT2D eigenvalue weighted by atomic mass is 9.98. The molecule has 1 fully saturated rings. The van der Waals surface area contributed by atoms with E-state index in [9.17, 15) is 9.90 Å². The molecule has 25 heavy (non-hydrogen) atoms. The summed E-state index contributed by atoms with van der Waals surface area (Å²) >= 11 is 0. The Morgan fingerprint density at radius 1 is 1.04 bits per heavy atom. The average molecular weight is 337 g/mol. The number of benzene rings is 2. The molecule has 2 aromatic carbocycles. The molecule has 0 saturated heterocycles. The molecule has 0 heterocycles. The summed E-state index contributed by atoms with van der Waals surface area (Å²) in [5, 5.41) is 13.0. The molecule has 0 bridgehead atoms. The van der Waals surface area contributed by atoms with Gasteiger partial charge >= 0.3 is 6.09 Å². The van der Waals surface area contributed by atoms with E-state index in [-0.39, 0.29) is 12.5 Å². The van der Waals surface area contributed by atoms with Crippen LogP contribution in [0.4, 0.5) is 4.79 Å². The van der Waals surface area contributed by atoms with Gasteiger partial charge in [-0.2, -0.15) is 0 Å². The standard InChI is InChI=1S/C21H23NO3/c23-20(22-14-21(24)11-5-6-12-21)25-13-19-17-9-3-1-7-15(17)16-8-2-4-10-18(16)19/h1-4,7-10,19,24H,5-6,11-14H2,(H,22,23). The molecular formula is C21H23NO3. The van der Waals surface area contributed by atoms with Crippen LogP contribution in [0, 0.1) is 0 Å². The van der Waals surface area contributed by atoms with E-state index < -0.39 is 11.7 Å². The third kappa shape index (κ3) is 3.14. The van der Waals surface area contributed by atoms with Crippen molar-refractivity contribution in [3.63, 3.8) is 0 Å². The zero-order valence-corrected chi connectivity index (χ0v) is 14.2. The van der Waals surface area contributed by atoms with Crippen molar-refractivity contribution in [1.29, 1.82) is 0 Å².